The third kappa shape index (κ3) is 5.76. The molecule has 0 saturated carbocycles. The summed E-state index contributed by atoms with van der Waals surface area (Å²) >= 11 is 0.615. The Morgan fingerprint density at radius 3 is 2.75 bits per heavy atom. The lowest BCUT2D eigenvalue weighted by atomic mass is 10.3. The molecule has 2 heteroatoms. The molecule has 0 unspecified atom stereocenters. The first-order valence-electron chi connectivity index (χ1n) is 2.81. The highest BCUT2D eigenvalue weighted by molar-refractivity contribution is 7.65. The van der Waals surface area contributed by atoms with Gasteiger partial charge in [-0.3, -0.25) is 0 Å². The molecule has 0 bridgehead atoms. The Labute approximate surface area is 54.3 Å². The second-order valence-corrected chi connectivity index (χ2v) is 2.11. The van der Waals surface area contributed by atoms with Gasteiger partial charge in [-0.25, -0.2) is 0 Å². The Bertz CT molecular complexity index is 78.6. The number of hydrogen-bond donors (Lipinski definition) is 0. The molecule has 0 aromatic carbocycles. The standard InChI is InChI=1S/C6H11OS/c1-2-3-4-5-6-8-7/h4-5H,2-3,6H2,1H3/q+1. The van der Waals surface area contributed by atoms with Crippen LogP contribution in [0.5, 0.6) is 0 Å². The molecule has 0 aromatic rings. The lowest BCUT2D eigenvalue weighted by Crippen LogP contribution is -1.70. The Kier molecular flexibility index (Phi) is 6.56. The van der Waals surface area contributed by atoms with E-state index in [4.69, 9.17) is 0 Å². The minimum absolute atomic E-state index is 0.611. The summed E-state index contributed by atoms with van der Waals surface area (Å²) in [5, 5.41) is 0. The summed E-state index contributed by atoms with van der Waals surface area (Å²) in [4.78, 5) is 0. The SMILES string of the molecule is CCCC=CC[S+]=O. The summed E-state index contributed by atoms with van der Waals surface area (Å²) < 4.78 is 9.76. The molecule has 0 amide bonds. The van der Waals surface area contributed by atoms with Crippen LogP contribution in [-0.4, -0.2) is 5.75 Å². The Hall–Kier alpha value is -0.240. The van der Waals surface area contributed by atoms with Crippen LogP contribution in [0, 0.1) is 0 Å². The molecular weight excluding hydrogens is 120 g/mol. The zero-order valence-electron chi connectivity index (χ0n) is 5.09. The highest BCUT2D eigenvalue weighted by Gasteiger charge is 1.86. The van der Waals surface area contributed by atoms with Crippen molar-refractivity contribution in [3.63, 3.8) is 0 Å². The molecule has 0 radical (unpaired) electrons. The third-order valence-electron chi connectivity index (χ3n) is 0.786. The monoisotopic (exact) mass is 131 g/mol. The average molecular weight is 131 g/mol. The van der Waals surface area contributed by atoms with E-state index < -0.39 is 0 Å². The van der Waals surface area contributed by atoms with Crippen molar-refractivity contribution in [2.45, 2.75) is 19.8 Å². The van der Waals surface area contributed by atoms with Crippen LogP contribution in [0.25, 0.3) is 0 Å². The summed E-state index contributed by atoms with van der Waals surface area (Å²) in [6.45, 7) is 2.12. The van der Waals surface area contributed by atoms with Crippen molar-refractivity contribution in [1.82, 2.24) is 0 Å². The summed E-state index contributed by atoms with van der Waals surface area (Å²) in [7, 11) is 0. The van der Waals surface area contributed by atoms with Crippen LogP contribution in [-0.2, 0) is 15.9 Å². The average Bonchev–Trinajstić information content (AvgIpc) is 1.81. The van der Waals surface area contributed by atoms with Gasteiger partial charge in [-0.05, 0) is 12.5 Å². The first kappa shape index (κ1) is 7.76. The van der Waals surface area contributed by atoms with Gasteiger partial charge in [0.15, 0.2) is 0 Å². The topological polar surface area (TPSA) is 17.1 Å². The van der Waals surface area contributed by atoms with Gasteiger partial charge in [0.1, 0.15) is 0 Å². The Balaban J connectivity index is 2.94. The fourth-order valence-corrected chi connectivity index (χ4v) is 0.606. The number of hydrogen-bond acceptors (Lipinski definition) is 1. The molecule has 0 aliphatic heterocycles. The molecule has 0 saturated heterocycles. The van der Waals surface area contributed by atoms with Gasteiger partial charge in [-0.15, -0.1) is 0 Å². The van der Waals surface area contributed by atoms with Crippen molar-refractivity contribution in [2.75, 3.05) is 5.75 Å². The van der Waals surface area contributed by atoms with Gasteiger partial charge in [-0.2, -0.15) is 0 Å². The van der Waals surface area contributed by atoms with E-state index in [0.29, 0.717) is 17.4 Å². The van der Waals surface area contributed by atoms with Crippen molar-refractivity contribution in [1.29, 1.82) is 0 Å². The van der Waals surface area contributed by atoms with Crippen molar-refractivity contribution in [2.24, 2.45) is 0 Å². The van der Waals surface area contributed by atoms with Crippen molar-refractivity contribution < 1.29 is 4.21 Å². The van der Waals surface area contributed by atoms with E-state index in [1.165, 1.54) is 6.42 Å². The number of rotatable bonds is 4. The number of unbranched alkanes of at least 4 members (excludes halogenated alkanes) is 1. The zero-order chi connectivity index (χ0) is 6.24. The zero-order valence-corrected chi connectivity index (χ0v) is 5.91. The quantitative estimate of drug-likeness (QED) is 0.420. The van der Waals surface area contributed by atoms with Gasteiger partial charge in [0.25, 0.3) is 0 Å². The molecular formula is C6H11OS+. The molecule has 46 valence electrons. The van der Waals surface area contributed by atoms with E-state index in [2.05, 4.69) is 6.92 Å². The summed E-state index contributed by atoms with van der Waals surface area (Å²) in [5.41, 5.74) is 0. The van der Waals surface area contributed by atoms with Gasteiger partial charge in [0, 0.05) is 4.21 Å². The van der Waals surface area contributed by atoms with E-state index in [0.717, 1.165) is 6.42 Å². The van der Waals surface area contributed by atoms with E-state index >= 15 is 0 Å². The van der Waals surface area contributed by atoms with E-state index in [1.54, 1.807) is 0 Å². The molecule has 0 aromatic heterocycles. The van der Waals surface area contributed by atoms with Crippen LogP contribution in [0.1, 0.15) is 19.8 Å². The van der Waals surface area contributed by atoms with Crippen molar-refractivity contribution >= 4 is 11.7 Å². The van der Waals surface area contributed by atoms with Crippen LogP contribution in [0.3, 0.4) is 0 Å². The van der Waals surface area contributed by atoms with Gasteiger partial charge in [-0.1, -0.05) is 19.4 Å². The Morgan fingerprint density at radius 1 is 1.50 bits per heavy atom. The second-order valence-electron chi connectivity index (χ2n) is 1.54. The second kappa shape index (κ2) is 6.76. The predicted octanol–water partition coefficient (Wildman–Crippen LogP) is 1.77. The molecule has 0 heterocycles. The molecule has 0 rings (SSSR count). The van der Waals surface area contributed by atoms with Crippen LogP contribution in [0.2, 0.25) is 0 Å². The summed E-state index contributed by atoms with van der Waals surface area (Å²) in [6.07, 6.45) is 6.23. The third-order valence-corrected chi connectivity index (χ3v) is 1.11. The lowest BCUT2D eigenvalue weighted by Gasteiger charge is -1.76. The van der Waals surface area contributed by atoms with Crippen molar-refractivity contribution in [3.05, 3.63) is 12.2 Å². The summed E-state index contributed by atoms with van der Waals surface area (Å²) in [6, 6.07) is 0. The van der Waals surface area contributed by atoms with E-state index in [1.807, 2.05) is 12.2 Å². The van der Waals surface area contributed by atoms with Crippen LogP contribution >= 0.6 is 0 Å². The molecule has 0 aliphatic carbocycles. The normalized spacial score (nSPS) is 10.1. The van der Waals surface area contributed by atoms with E-state index in [9.17, 15) is 4.21 Å². The molecule has 8 heavy (non-hydrogen) atoms. The minimum Gasteiger partial charge on any atom is -0.0831 e. The summed E-state index contributed by atoms with van der Waals surface area (Å²) in [5.74, 6) is 0.611. The molecule has 0 N–H and O–H groups in total. The van der Waals surface area contributed by atoms with Crippen molar-refractivity contribution in [3.8, 4) is 0 Å². The highest BCUT2D eigenvalue weighted by Crippen LogP contribution is 1.86. The maximum atomic E-state index is 9.76. The predicted molar refractivity (Wildman–Crippen MR) is 37.0 cm³/mol. The van der Waals surface area contributed by atoms with Crippen LogP contribution in [0.15, 0.2) is 12.2 Å². The molecule has 1 nitrogen and oxygen atoms in total. The number of allylic oxidation sites excluding steroid dienone is 1. The van der Waals surface area contributed by atoms with Gasteiger partial charge >= 0.3 is 11.7 Å². The van der Waals surface area contributed by atoms with Gasteiger partial charge in [0.2, 0.25) is 5.75 Å². The highest BCUT2D eigenvalue weighted by atomic mass is 32.1. The molecule has 0 fully saturated rings. The lowest BCUT2D eigenvalue weighted by molar-refractivity contribution is 0.606. The first-order valence-corrected chi connectivity index (χ1v) is 3.72. The van der Waals surface area contributed by atoms with Crippen LogP contribution < -0.4 is 0 Å². The smallest absolute Gasteiger partial charge is 0.0831 e. The molecule has 0 aliphatic rings. The van der Waals surface area contributed by atoms with Crippen LogP contribution in [0.4, 0.5) is 0 Å². The first-order chi connectivity index (χ1) is 3.91. The molecule has 0 spiro atoms. The maximum Gasteiger partial charge on any atom is 0.463 e. The molecule has 0 atom stereocenters. The maximum absolute atomic E-state index is 9.76. The van der Waals surface area contributed by atoms with E-state index in [-0.39, 0.29) is 0 Å². The van der Waals surface area contributed by atoms with Gasteiger partial charge < -0.3 is 0 Å². The Morgan fingerprint density at radius 2 is 2.25 bits per heavy atom. The minimum atomic E-state index is 0.611. The fraction of sp³-hybridized carbons (Fsp3) is 0.667. The largest absolute Gasteiger partial charge is 0.463 e. The van der Waals surface area contributed by atoms with Gasteiger partial charge in [0.05, 0.1) is 0 Å². The fourth-order valence-electron chi connectivity index (χ4n) is 0.392.